The molecular weight excluding hydrogens is 328 g/mol. The largest absolute Gasteiger partial charge is 0.294 e. The molecule has 0 amide bonds. The number of carbonyl (C=O) groups excluding carboxylic acids is 1. The fourth-order valence-electron chi connectivity index (χ4n) is 3.03. The van der Waals surface area contributed by atoms with Gasteiger partial charge in [-0.2, -0.15) is 0 Å². The Morgan fingerprint density at radius 2 is 1.56 bits per heavy atom. The second kappa shape index (κ2) is 11.2. The van der Waals surface area contributed by atoms with Gasteiger partial charge in [-0.25, -0.2) is 0 Å². The molecule has 0 bridgehead atoms. The minimum Gasteiger partial charge on any atom is -0.294 e. The molecule has 1 heteroatoms. The molecule has 1 aliphatic rings. The molecule has 3 rings (SSSR count). The van der Waals surface area contributed by atoms with Crippen LogP contribution in [0.5, 0.6) is 0 Å². The Morgan fingerprint density at radius 1 is 0.963 bits per heavy atom. The van der Waals surface area contributed by atoms with E-state index in [0.29, 0.717) is 6.42 Å². The van der Waals surface area contributed by atoms with E-state index in [-0.39, 0.29) is 7.21 Å². The van der Waals surface area contributed by atoms with Crippen LogP contribution in [0.15, 0.2) is 73.0 Å². The van der Waals surface area contributed by atoms with Crippen molar-refractivity contribution < 1.29 is 6.22 Å². The zero-order valence-corrected chi connectivity index (χ0v) is 16.6. The Labute approximate surface area is 165 Å². The first kappa shape index (κ1) is 20.7. The molecule has 0 saturated heterocycles. The van der Waals surface area contributed by atoms with E-state index in [0.717, 1.165) is 27.8 Å². The lowest BCUT2D eigenvalue weighted by Gasteiger charge is -2.06. The third kappa shape index (κ3) is 6.89. The van der Waals surface area contributed by atoms with Crippen molar-refractivity contribution >= 4 is 11.4 Å². The van der Waals surface area contributed by atoms with Crippen molar-refractivity contribution in [1.29, 1.82) is 0 Å². The highest BCUT2D eigenvalue weighted by molar-refractivity contribution is 5.97. The zero-order valence-electron chi connectivity index (χ0n) is 16.6. The molecule has 27 heavy (non-hydrogen) atoms. The summed E-state index contributed by atoms with van der Waals surface area (Å²) in [6, 6.07) is 15.6. The normalized spacial score (nSPS) is 13.0. The van der Waals surface area contributed by atoms with Crippen molar-refractivity contribution in [2.45, 2.75) is 52.4 Å². The van der Waals surface area contributed by atoms with Crippen molar-refractivity contribution in [3.8, 4) is 0 Å². The summed E-state index contributed by atoms with van der Waals surface area (Å²) in [6.45, 7) is 7.62. The van der Waals surface area contributed by atoms with Crippen molar-refractivity contribution in [2.75, 3.05) is 0 Å². The van der Waals surface area contributed by atoms with Gasteiger partial charge in [-0.05, 0) is 61.8 Å². The SMILES string of the molecule is C1=CCCCCC1.C=C=C(C)c1ccc(C(=O)Cc2ccccc2C)cc1.[HH]. The summed E-state index contributed by atoms with van der Waals surface area (Å²) in [5, 5.41) is 0. The van der Waals surface area contributed by atoms with E-state index >= 15 is 0 Å². The molecule has 0 saturated carbocycles. The van der Waals surface area contributed by atoms with E-state index < -0.39 is 0 Å². The summed E-state index contributed by atoms with van der Waals surface area (Å²) in [5.74, 6) is 0.145. The van der Waals surface area contributed by atoms with Gasteiger partial charge < -0.3 is 0 Å². The summed E-state index contributed by atoms with van der Waals surface area (Å²) in [4.78, 5) is 12.3. The fourth-order valence-corrected chi connectivity index (χ4v) is 3.03. The predicted octanol–water partition coefficient (Wildman–Crippen LogP) is 7.36. The molecule has 2 aromatic carbocycles. The average molecular weight is 361 g/mol. The van der Waals surface area contributed by atoms with Gasteiger partial charge >= 0.3 is 0 Å². The van der Waals surface area contributed by atoms with Gasteiger partial charge in [-0.3, -0.25) is 4.79 Å². The van der Waals surface area contributed by atoms with E-state index in [1.165, 1.54) is 32.1 Å². The highest BCUT2D eigenvalue weighted by Crippen LogP contribution is 2.16. The van der Waals surface area contributed by atoms with Crippen LogP contribution in [0.1, 0.15) is 67.5 Å². The summed E-state index contributed by atoms with van der Waals surface area (Å²) < 4.78 is 0. The van der Waals surface area contributed by atoms with Gasteiger partial charge in [0, 0.05) is 13.4 Å². The Kier molecular flexibility index (Phi) is 8.55. The Bertz CT molecular complexity index is 816. The van der Waals surface area contributed by atoms with Crippen molar-refractivity contribution in [2.24, 2.45) is 0 Å². The maximum absolute atomic E-state index is 12.3. The minimum absolute atomic E-state index is 0. The monoisotopic (exact) mass is 360 g/mol. The molecule has 142 valence electrons. The number of carbonyl (C=O) groups is 1. The Hall–Kier alpha value is -2.63. The lowest BCUT2D eigenvalue weighted by atomic mass is 9.98. The van der Waals surface area contributed by atoms with Crippen LogP contribution in [0.25, 0.3) is 5.57 Å². The first-order valence-corrected chi connectivity index (χ1v) is 9.81. The first-order chi connectivity index (χ1) is 13.1. The zero-order chi connectivity index (χ0) is 19.5. The van der Waals surface area contributed by atoms with E-state index in [9.17, 15) is 4.79 Å². The van der Waals surface area contributed by atoms with E-state index in [2.05, 4.69) is 24.5 Å². The van der Waals surface area contributed by atoms with E-state index in [1.54, 1.807) is 0 Å². The maximum Gasteiger partial charge on any atom is 0.167 e. The molecule has 0 fully saturated rings. The predicted molar refractivity (Wildman–Crippen MR) is 118 cm³/mol. The molecule has 1 nitrogen and oxygen atoms in total. The standard InChI is InChI=1S/C19H18O.C7H12.H2/c1-4-14(2)16-9-11-17(12-10-16)19(20)13-18-8-6-5-7-15(18)3;1-2-4-6-7-5-3-1;/h5-12H,1,13H2,2-3H3;1-2H,3-7H2;1H. The second-order valence-electron chi connectivity index (χ2n) is 7.01. The van der Waals surface area contributed by atoms with Crippen molar-refractivity contribution in [3.63, 3.8) is 0 Å². The summed E-state index contributed by atoms with van der Waals surface area (Å²) >= 11 is 0. The Balaban J connectivity index is 0.000000414. The lowest BCUT2D eigenvalue weighted by molar-refractivity contribution is 0.0993. The molecular formula is C26H32O. The smallest absolute Gasteiger partial charge is 0.167 e. The van der Waals surface area contributed by atoms with Crippen LogP contribution in [0.3, 0.4) is 0 Å². The summed E-state index contributed by atoms with van der Waals surface area (Å²) in [7, 11) is 0. The van der Waals surface area contributed by atoms with Gasteiger partial charge in [-0.15, -0.1) is 5.73 Å². The first-order valence-electron chi connectivity index (χ1n) is 9.81. The fraction of sp³-hybridized carbons (Fsp3) is 0.308. The number of rotatable bonds is 4. The van der Waals surface area contributed by atoms with Crippen LogP contribution in [-0.2, 0) is 6.42 Å². The third-order valence-electron chi connectivity index (χ3n) is 4.93. The molecule has 0 aromatic heterocycles. The van der Waals surface area contributed by atoms with E-state index in [1.807, 2.05) is 62.4 Å². The topological polar surface area (TPSA) is 17.1 Å². The van der Waals surface area contributed by atoms with Gasteiger partial charge in [0.05, 0.1) is 0 Å². The number of hydrogen-bond donors (Lipinski definition) is 0. The van der Waals surface area contributed by atoms with Crippen LogP contribution in [-0.4, -0.2) is 5.78 Å². The number of allylic oxidation sites excluding steroid dienone is 3. The average Bonchev–Trinajstić information content (AvgIpc) is 3.03. The van der Waals surface area contributed by atoms with Gasteiger partial charge in [0.15, 0.2) is 5.78 Å². The molecule has 0 spiro atoms. The maximum atomic E-state index is 12.3. The van der Waals surface area contributed by atoms with Crippen molar-refractivity contribution in [3.05, 3.63) is 95.2 Å². The number of benzene rings is 2. The second-order valence-corrected chi connectivity index (χ2v) is 7.01. The molecule has 0 N–H and O–H groups in total. The van der Waals surface area contributed by atoms with Gasteiger partial charge in [0.2, 0.25) is 0 Å². The number of Topliss-reactive ketones (excluding diaryl/α,β-unsaturated/α-hetero) is 1. The van der Waals surface area contributed by atoms with Crippen LogP contribution < -0.4 is 0 Å². The molecule has 1 aliphatic carbocycles. The number of hydrogen-bond acceptors (Lipinski definition) is 1. The quantitative estimate of drug-likeness (QED) is 0.316. The number of ketones is 1. The van der Waals surface area contributed by atoms with Crippen LogP contribution in [0.4, 0.5) is 0 Å². The molecule has 0 radical (unpaired) electrons. The van der Waals surface area contributed by atoms with Crippen LogP contribution in [0.2, 0.25) is 0 Å². The number of aryl methyl sites for hydroxylation is 1. The van der Waals surface area contributed by atoms with Gasteiger partial charge in [0.1, 0.15) is 0 Å². The molecule has 0 aliphatic heterocycles. The van der Waals surface area contributed by atoms with Gasteiger partial charge in [0.25, 0.3) is 0 Å². The van der Waals surface area contributed by atoms with Crippen LogP contribution in [0, 0.1) is 6.92 Å². The molecule has 0 unspecified atom stereocenters. The lowest BCUT2D eigenvalue weighted by Crippen LogP contribution is -2.04. The van der Waals surface area contributed by atoms with Gasteiger partial charge in [-0.1, -0.05) is 73.7 Å². The van der Waals surface area contributed by atoms with Crippen molar-refractivity contribution in [1.82, 2.24) is 0 Å². The summed E-state index contributed by atoms with van der Waals surface area (Å²) in [6.07, 6.45) is 11.9. The Morgan fingerprint density at radius 3 is 2.15 bits per heavy atom. The summed E-state index contributed by atoms with van der Waals surface area (Å²) in [5.41, 5.74) is 7.88. The highest BCUT2D eigenvalue weighted by Gasteiger charge is 2.08. The molecule has 2 aromatic rings. The van der Waals surface area contributed by atoms with E-state index in [4.69, 9.17) is 0 Å². The minimum atomic E-state index is 0. The highest BCUT2D eigenvalue weighted by atomic mass is 16.1. The molecule has 0 heterocycles. The third-order valence-corrected chi connectivity index (χ3v) is 4.93. The molecule has 0 atom stereocenters. The van der Waals surface area contributed by atoms with Crippen LogP contribution >= 0.6 is 0 Å².